The van der Waals surface area contributed by atoms with E-state index in [-0.39, 0.29) is 23.3 Å². The monoisotopic (exact) mass is 267 g/mol. The highest BCUT2D eigenvalue weighted by atomic mass is 19.1. The van der Waals surface area contributed by atoms with Gasteiger partial charge in [0.15, 0.2) is 0 Å². The number of carbonyl (C=O) groups is 1. The summed E-state index contributed by atoms with van der Waals surface area (Å²) in [5.41, 5.74) is 5.81. The second-order valence-electron chi connectivity index (χ2n) is 4.81. The van der Waals surface area contributed by atoms with Gasteiger partial charge in [0, 0.05) is 32.2 Å². The van der Waals surface area contributed by atoms with Crippen LogP contribution in [0.1, 0.15) is 10.4 Å². The first-order chi connectivity index (χ1) is 9.02. The van der Waals surface area contributed by atoms with Crippen molar-refractivity contribution in [1.29, 1.82) is 0 Å². The van der Waals surface area contributed by atoms with Crippen molar-refractivity contribution in [1.82, 2.24) is 9.80 Å². The van der Waals surface area contributed by atoms with Gasteiger partial charge in [-0.25, -0.2) is 4.39 Å². The highest BCUT2D eigenvalue weighted by Gasteiger charge is 2.29. The predicted molar refractivity (Wildman–Crippen MR) is 69.4 cm³/mol. The number of nitrogens with two attached hydrogens (primary N) is 1. The topological polar surface area (TPSA) is 69.8 Å². The van der Waals surface area contributed by atoms with E-state index in [0.717, 1.165) is 12.6 Å². The number of carbonyl (C=O) groups excluding carboxylic acids is 1. The largest absolute Gasteiger partial charge is 0.507 e. The van der Waals surface area contributed by atoms with E-state index in [1.807, 2.05) is 7.05 Å². The first-order valence-electron chi connectivity index (χ1n) is 6.21. The molecule has 1 amide bonds. The van der Waals surface area contributed by atoms with Crippen LogP contribution in [0.3, 0.4) is 0 Å². The van der Waals surface area contributed by atoms with Crippen molar-refractivity contribution in [3.05, 3.63) is 29.6 Å². The number of hydrogen-bond acceptors (Lipinski definition) is 4. The van der Waals surface area contributed by atoms with Crippen LogP contribution < -0.4 is 5.73 Å². The summed E-state index contributed by atoms with van der Waals surface area (Å²) in [6.07, 6.45) is 0. The Morgan fingerprint density at radius 3 is 2.89 bits per heavy atom. The lowest BCUT2D eigenvalue weighted by Gasteiger charge is -2.39. The molecule has 0 radical (unpaired) electrons. The molecule has 1 heterocycles. The molecule has 6 heteroatoms. The maximum Gasteiger partial charge on any atom is 0.257 e. The van der Waals surface area contributed by atoms with Gasteiger partial charge in [-0.2, -0.15) is 0 Å². The Morgan fingerprint density at radius 2 is 2.26 bits per heavy atom. The Morgan fingerprint density at radius 1 is 1.53 bits per heavy atom. The molecule has 3 N–H and O–H groups in total. The lowest BCUT2D eigenvalue weighted by Crippen LogP contribution is -2.56. The van der Waals surface area contributed by atoms with Gasteiger partial charge in [0.1, 0.15) is 11.6 Å². The second kappa shape index (κ2) is 5.54. The Hall–Kier alpha value is -1.66. The fourth-order valence-corrected chi connectivity index (χ4v) is 2.32. The van der Waals surface area contributed by atoms with E-state index >= 15 is 0 Å². The average molecular weight is 267 g/mol. The molecule has 19 heavy (non-hydrogen) atoms. The summed E-state index contributed by atoms with van der Waals surface area (Å²) in [5.74, 6) is -1.21. The van der Waals surface area contributed by atoms with Gasteiger partial charge in [-0.1, -0.05) is 0 Å². The normalized spacial score (nSPS) is 20.6. The SMILES string of the molecule is CN1CCN(C(=O)c2ccc(F)cc2O)C(CN)C1. The van der Waals surface area contributed by atoms with Crippen molar-refractivity contribution in [2.75, 3.05) is 33.2 Å². The third-order valence-corrected chi connectivity index (χ3v) is 3.41. The minimum atomic E-state index is -0.567. The number of rotatable bonds is 2. The van der Waals surface area contributed by atoms with E-state index in [2.05, 4.69) is 4.90 Å². The van der Waals surface area contributed by atoms with Crippen molar-refractivity contribution in [3.63, 3.8) is 0 Å². The Kier molecular flexibility index (Phi) is 4.01. The van der Waals surface area contributed by atoms with Crippen molar-refractivity contribution in [2.45, 2.75) is 6.04 Å². The smallest absolute Gasteiger partial charge is 0.257 e. The van der Waals surface area contributed by atoms with Crippen molar-refractivity contribution < 1.29 is 14.3 Å². The number of piperazine rings is 1. The molecule has 104 valence electrons. The highest BCUT2D eigenvalue weighted by Crippen LogP contribution is 2.22. The van der Waals surface area contributed by atoms with Crippen LogP contribution >= 0.6 is 0 Å². The number of benzene rings is 1. The number of halogens is 1. The van der Waals surface area contributed by atoms with Gasteiger partial charge >= 0.3 is 0 Å². The number of phenols is 1. The van der Waals surface area contributed by atoms with Gasteiger partial charge in [0.25, 0.3) is 5.91 Å². The van der Waals surface area contributed by atoms with E-state index in [9.17, 15) is 14.3 Å². The molecule has 0 aromatic heterocycles. The van der Waals surface area contributed by atoms with E-state index < -0.39 is 5.82 Å². The van der Waals surface area contributed by atoms with Gasteiger partial charge in [-0.05, 0) is 19.2 Å². The number of phenolic OH excluding ortho intramolecular Hbond substituents is 1. The van der Waals surface area contributed by atoms with Gasteiger partial charge < -0.3 is 20.6 Å². The summed E-state index contributed by atoms with van der Waals surface area (Å²) in [7, 11) is 1.97. The molecule has 1 aromatic rings. The van der Waals surface area contributed by atoms with E-state index in [1.54, 1.807) is 4.90 Å². The van der Waals surface area contributed by atoms with Crippen LogP contribution in [0.2, 0.25) is 0 Å². The zero-order chi connectivity index (χ0) is 14.0. The van der Waals surface area contributed by atoms with Crippen LogP contribution in [-0.2, 0) is 0 Å². The third-order valence-electron chi connectivity index (χ3n) is 3.41. The van der Waals surface area contributed by atoms with Gasteiger partial charge in [-0.3, -0.25) is 4.79 Å². The molecule has 1 unspecified atom stereocenters. The lowest BCUT2D eigenvalue weighted by molar-refractivity contribution is 0.0513. The molecule has 0 bridgehead atoms. The van der Waals surface area contributed by atoms with Crippen LogP contribution in [0.4, 0.5) is 4.39 Å². The van der Waals surface area contributed by atoms with E-state index in [4.69, 9.17) is 5.73 Å². The van der Waals surface area contributed by atoms with Crippen LogP contribution in [0.25, 0.3) is 0 Å². The summed E-state index contributed by atoms with van der Waals surface area (Å²) < 4.78 is 12.9. The zero-order valence-electron chi connectivity index (χ0n) is 10.8. The van der Waals surface area contributed by atoms with Gasteiger partial charge in [-0.15, -0.1) is 0 Å². The van der Waals surface area contributed by atoms with Crippen molar-refractivity contribution >= 4 is 5.91 Å². The highest BCUT2D eigenvalue weighted by molar-refractivity contribution is 5.97. The van der Waals surface area contributed by atoms with Crippen molar-refractivity contribution in [2.24, 2.45) is 5.73 Å². The molecule has 0 spiro atoms. The molecule has 5 nitrogen and oxygen atoms in total. The van der Waals surface area contributed by atoms with Crippen LogP contribution in [-0.4, -0.2) is 60.1 Å². The maximum atomic E-state index is 12.9. The Balaban J connectivity index is 2.22. The van der Waals surface area contributed by atoms with Crippen molar-refractivity contribution in [3.8, 4) is 5.75 Å². The summed E-state index contributed by atoms with van der Waals surface area (Å²) in [6.45, 7) is 2.36. The molecular weight excluding hydrogens is 249 g/mol. The third kappa shape index (κ3) is 2.85. The van der Waals surface area contributed by atoms with Gasteiger partial charge in [0.2, 0.25) is 0 Å². The molecule has 0 aliphatic carbocycles. The molecule has 1 aliphatic rings. The zero-order valence-corrected chi connectivity index (χ0v) is 10.8. The summed E-state index contributed by atoms with van der Waals surface area (Å²) in [4.78, 5) is 16.1. The fraction of sp³-hybridized carbons (Fsp3) is 0.462. The standard InChI is InChI=1S/C13H18FN3O2/c1-16-4-5-17(10(7-15)8-16)13(19)11-3-2-9(14)6-12(11)18/h2-3,6,10,18H,4-5,7-8,15H2,1H3. The summed E-state index contributed by atoms with van der Waals surface area (Å²) >= 11 is 0. The van der Waals surface area contributed by atoms with E-state index in [1.165, 1.54) is 12.1 Å². The fourth-order valence-electron chi connectivity index (χ4n) is 2.32. The molecular formula is C13H18FN3O2. The minimum Gasteiger partial charge on any atom is -0.507 e. The first kappa shape index (κ1) is 13.8. The summed E-state index contributed by atoms with van der Waals surface area (Å²) in [6, 6.07) is 3.33. The average Bonchev–Trinajstić information content (AvgIpc) is 2.37. The van der Waals surface area contributed by atoms with Crippen LogP contribution in [0.15, 0.2) is 18.2 Å². The first-order valence-corrected chi connectivity index (χ1v) is 6.21. The minimum absolute atomic E-state index is 0.0873. The molecule has 2 rings (SSSR count). The number of nitrogens with zero attached hydrogens (tertiary/aromatic N) is 2. The predicted octanol–water partition coefficient (Wildman–Crippen LogP) is 0.246. The van der Waals surface area contributed by atoms with Crippen LogP contribution in [0.5, 0.6) is 5.75 Å². The molecule has 1 aromatic carbocycles. The number of hydrogen-bond donors (Lipinski definition) is 2. The molecule has 1 atom stereocenters. The molecule has 1 aliphatic heterocycles. The molecule has 0 saturated carbocycles. The Labute approximate surface area is 111 Å². The van der Waals surface area contributed by atoms with E-state index in [0.29, 0.717) is 19.6 Å². The number of amides is 1. The second-order valence-corrected chi connectivity index (χ2v) is 4.81. The summed E-state index contributed by atoms with van der Waals surface area (Å²) in [5, 5.41) is 9.67. The number of aromatic hydroxyl groups is 1. The number of likely N-dealkylation sites (N-methyl/N-ethyl adjacent to an activating group) is 1. The molecule has 1 saturated heterocycles. The quantitative estimate of drug-likeness (QED) is 0.805. The maximum absolute atomic E-state index is 12.9. The van der Waals surface area contributed by atoms with Gasteiger partial charge in [0.05, 0.1) is 11.6 Å². The lowest BCUT2D eigenvalue weighted by atomic mass is 10.1. The van der Waals surface area contributed by atoms with Crippen LogP contribution in [0, 0.1) is 5.82 Å². The molecule has 1 fully saturated rings. The Bertz CT molecular complexity index is 481.